The summed E-state index contributed by atoms with van der Waals surface area (Å²) in [7, 11) is 3.07. The van der Waals surface area contributed by atoms with Crippen molar-refractivity contribution >= 4 is 28.6 Å². The first-order valence-electron chi connectivity index (χ1n) is 9.63. The van der Waals surface area contributed by atoms with Gasteiger partial charge >= 0.3 is 5.97 Å². The third kappa shape index (κ3) is 4.02. The summed E-state index contributed by atoms with van der Waals surface area (Å²) < 4.78 is 34.5. The van der Waals surface area contributed by atoms with E-state index in [2.05, 4.69) is 20.4 Å². The Kier molecular flexibility index (Phi) is 5.84. The summed E-state index contributed by atoms with van der Waals surface area (Å²) in [4.78, 5) is 20.8. The molecular weight excluding hydrogens is 419 g/mol. The number of ether oxygens (including phenoxy) is 3. The van der Waals surface area contributed by atoms with E-state index < -0.39 is 5.97 Å². The Bertz CT molecular complexity index is 1270. The van der Waals surface area contributed by atoms with Crippen LogP contribution in [0.15, 0.2) is 47.0 Å². The highest BCUT2D eigenvalue weighted by atomic mass is 19.1. The molecule has 0 bridgehead atoms. The first-order chi connectivity index (χ1) is 15.5. The van der Waals surface area contributed by atoms with Crippen molar-refractivity contribution in [2.45, 2.75) is 6.92 Å². The van der Waals surface area contributed by atoms with Crippen LogP contribution >= 0.6 is 0 Å². The van der Waals surface area contributed by atoms with Crippen molar-refractivity contribution in [3.05, 3.63) is 54.1 Å². The topological polar surface area (TPSA) is 109 Å². The number of benzene rings is 2. The molecule has 2 heterocycles. The highest BCUT2D eigenvalue weighted by Gasteiger charge is 2.23. The molecule has 0 spiro atoms. The van der Waals surface area contributed by atoms with Gasteiger partial charge in [0, 0.05) is 11.6 Å². The van der Waals surface area contributed by atoms with E-state index in [-0.39, 0.29) is 29.8 Å². The molecule has 0 saturated carbocycles. The standard InChI is InChI=1S/C22H19FN4O5/c1-4-31-22(28)20-25-19(24-15-10-9-14(29-2)11-16(15)30-3)17-18(27-32-21(17)26-20)12-5-7-13(23)8-6-12/h5-11H,4H2,1-3H3,(H,24,25,26). The summed E-state index contributed by atoms with van der Waals surface area (Å²) in [6, 6.07) is 10.9. The molecule has 10 heteroatoms. The van der Waals surface area contributed by atoms with Gasteiger partial charge in [-0.15, -0.1) is 0 Å². The van der Waals surface area contributed by atoms with E-state index >= 15 is 0 Å². The summed E-state index contributed by atoms with van der Waals surface area (Å²) >= 11 is 0. The number of rotatable bonds is 7. The fraction of sp³-hybridized carbons (Fsp3) is 0.182. The fourth-order valence-electron chi connectivity index (χ4n) is 3.07. The molecule has 0 radical (unpaired) electrons. The summed E-state index contributed by atoms with van der Waals surface area (Å²) in [5, 5.41) is 7.62. The largest absolute Gasteiger partial charge is 0.497 e. The lowest BCUT2D eigenvalue weighted by molar-refractivity contribution is 0.0512. The van der Waals surface area contributed by atoms with E-state index in [1.807, 2.05) is 0 Å². The zero-order valence-electron chi connectivity index (χ0n) is 17.5. The van der Waals surface area contributed by atoms with Crippen LogP contribution in [0.25, 0.3) is 22.4 Å². The fourth-order valence-corrected chi connectivity index (χ4v) is 3.07. The van der Waals surface area contributed by atoms with Gasteiger partial charge in [-0.1, -0.05) is 5.16 Å². The second-order valence-electron chi connectivity index (χ2n) is 6.53. The molecular formula is C22H19FN4O5. The second-order valence-corrected chi connectivity index (χ2v) is 6.53. The smallest absolute Gasteiger partial charge is 0.376 e. The van der Waals surface area contributed by atoms with Crippen LogP contribution in [0.2, 0.25) is 0 Å². The number of anilines is 2. The van der Waals surface area contributed by atoms with Crippen molar-refractivity contribution < 1.29 is 27.9 Å². The van der Waals surface area contributed by atoms with Crippen molar-refractivity contribution in [1.82, 2.24) is 15.1 Å². The zero-order valence-corrected chi connectivity index (χ0v) is 17.5. The van der Waals surface area contributed by atoms with Gasteiger partial charge in [0.25, 0.3) is 5.71 Å². The summed E-state index contributed by atoms with van der Waals surface area (Å²) in [6.45, 7) is 1.84. The normalized spacial score (nSPS) is 10.8. The molecule has 9 nitrogen and oxygen atoms in total. The molecule has 0 fully saturated rings. The van der Waals surface area contributed by atoms with E-state index in [0.29, 0.717) is 33.8 Å². The first kappa shape index (κ1) is 21.0. The molecule has 32 heavy (non-hydrogen) atoms. The predicted molar refractivity (Wildman–Crippen MR) is 114 cm³/mol. The van der Waals surface area contributed by atoms with Crippen molar-refractivity contribution in [3.63, 3.8) is 0 Å². The maximum absolute atomic E-state index is 13.4. The van der Waals surface area contributed by atoms with Crippen LogP contribution in [0.4, 0.5) is 15.9 Å². The molecule has 0 amide bonds. The zero-order chi connectivity index (χ0) is 22.7. The second kappa shape index (κ2) is 8.88. The number of nitrogens with zero attached hydrogens (tertiary/aromatic N) is 3. The quantitative estimate of drug-likeness (QED) is 0.421. The predicted octanol–water partition coefficient (Wildman–Crippen LogP) is 4.36. The van der Waals surface area contributed by atoms with Gasteiger partial charge in [0.05, 0.1) is 26.5 Å². The highest BCUT2D eigenvalue weighted by molar-refractivity contribution is 6.01. The van der Waals surface area contributed by atoms with Gasteiger partial charge in [0.1, 0.15) is 34.2 Å². The lowest BCUT2D eigenvalue weighted by Crippen LogP contribution is -2.11. The average molecular weight is 438 g/mol. The van der Waals surface area contributed by atoms with Crippen molar-refractivity contribution in [1.29, 1.82) is 0 Å². The molecule has 4 aromatic rings. The molecule has 0 aliphatic rings. The maximum atomic E-state index is 13.4. The number of nitrogens with one attached hydrogen (secondary N) is 1. The SMILES string of the molecule is CCOC(=O)c1nc(Nc2ccc(OC)cc2OC)c2c(-c3ccc(F)cc3)noc2n1. The minimum absolute atomic E-state index is 0.0670. The lowest BCUT2D eigenvalue weighted by Gasteiger charge is -2.13. The van der Waals surface area contributed by atoms with E-state index in [0.717, 1.165) is 0 Å². The van der Waals surface area contributed by atoms with Crippen LogP contribution in [0.1, 0.15) is 17.5 Å². The first-order valence-corrected chi connectivity index (χ1v) is 9.63. The van der Waals surface area contributed by atoms with Gasteiger partial charge < -0.3 is 24.1 Å². The Morgan fingerprint density at radius 3 is 2.56 bits per heavy atom. The lowest BCUT2D eigenvalue weighted by atomic mass is 10.1. The Balaban J connectivity index is 1.88. The molecule has 164 valence electrons. The van der Waals surface area contributed by atoms with E-state index in [9.17, 15) is 9.18 Å². The molecule has 4 rings (SSSR count). The maximum Gasteiger partial charge on any atom is 0.376 e. The van der Waals surface area contributed by atoms with Crippen molar-refractivity contribution in [3.8, 4) is 22.8 Å². The number of hydrogen-bond donors (Lipinski definition) is 1. The average Bonchev–Trinajstić information content (AvgIpc) is 3.24. The number of carbonyl (C=O) groups is 1. The third-order valence-electron chi connectivity index (χ3n) is 4.57. The minimum atomic E-state index is -0.709. The number of hydrogen-bond acceptors (Lipinski definition) is 9. The van der Waals surface area contributed by atoms with Crippen molar-refractivity contribution in [2.24, 2.45) is 0 Å². The molecule has 0 unspecified atom stereocenters. The van der Waals surface area contributed by atoms with Gasteiger partial charge in [-0.2, -0.15) is 4.98 Å². The van der Waals surface area contributed by atoms with Gasteiger partial charge in [0.15, 0.2) is 0 Å². The van der Waals surface area contributed by atoms with Crippen LogP contribution in [0.3, 0.4) is 0 Å². The Hall–Kier alpha value is -4.21. The summed E-state index contributed by atoms with van der Waals surface area (Å²) in [5.74, 6) is 0.0267. The van der Waals surface area contributed by atoms with Crippen molar-refractivity contribution in [2.75, 3.05) is 26.1 Å². The molecule has 0 atom stereocenters. The Morgan fingerprint density at radius 2 is 1.88 bits per heavy atom. The number of aromatic nitrogens is 3. The van der Waals surface area contributed by atoms with E-state index in [4.69, 9.17) is 18.7 Å². The molecule has 0 aliphatic carbocycles. The van der Waals surface area contributed by atoms with Gasteiger partial charge in [-0.25, -0.2) is 14.2 Å². The molecule has 0 aliphatic heterocycles. The van der Waals surface area contributed by atoms with Gasteiger partial charge in [-0.3, -0.25) is 0 Å². The Labute approximate surface area is 182 Å². The molecule has 1 N–H and O–H groups in total. The number of halogens is 1. The van der Waals surface area contributed by atoms with Crippen LogP contribution in [-0.2, 0) is 4.74 Å². The summed E-state index contributed by atoms with van der Waals surface area (Å²) in [6.07, 6.45) is 0. The van der Waals surface area contributed by atoms with Crippen LogP contribution < -0.4 is 14.8 Å². The monoisotopic (exact) mass is 438 g/mol. The molecule has 2 aromatic heterocycles. The van der Waals surface area contributed by atoms with Gasteiger partial charge in [-0.05, 0) is 43.3 Å². The number of methoxy groups -OCH3 is 2. The van der Waals surface area contributed by atoms with E-state index in [1.54, 1.807) is 44.4 Å². The number of esters is 1. The third-order valence-corrected chi connectivity index (χ3v) is 4.57. The number of fused-ring (bicyclic) bond motifs is 1. The van der Waals surface area contributed by atoms with E-state index in [1.165, 1.54) is 19.2 Å². The highest BCUT2D eigenvalue weighted by Crippen LogP contribution is 2.36. The molecule has 0 saturated heterocycles. The molecule has 2 aromatic carbocycles. The van der Waals surface area contributed by atoms with Crippen LogP contribution in [0.5, 0.6) is 11.5 Å². The number of carbonyl (C=O) groups excluding carboxylic acids is 1. The summed E-state index contributed by atoms with van der Waals surface area (Å²) in [5.41, 5.74) is 1.58. The Morgan fingerprint density at radius 1 is 1.09 bits per heavy atom. The van der Waals surface area contributed by atoms with Gasteiger partial charge in [0.2, 0.25) is 5.82 Å². The minimum Gasteiger partial charge on any atom is -0.497 e. The van der Waals surface area contributed by atoms with Crippen LogP contribution in [0, 0.1) is 5.82 Å². The van der Waals surface area contributed by atoms with Crippen LogP contribution in [-0.4, -0.2) is 41.9 Å².